The minimum Gasteiger partial charge on any atom is -0.412 e. The van der Waals surface area contributed by atoms with Gasteiger partial charge in [0, 0.05) is 24.7 Å². The van der Waals surface area contributed by atoms with Crippen LogP contribution < -0.4 is 0 Å². The van der Waals surface area contributed by atoms with Gasteiger partial charge >= 0.3 is 0 Å². The molecule has 4 saturated carbocycles. The smallest absolute Gasteiger partial charge is 0.192 e. The van der Waals surface area contributed by atoms with E-state index in [-0.39, 0.29) is 22.0 Å². The molecule has 0 aliphatic heterocycles. The van der Waals surface area contributed by atoms with Gasteiger partial charge in [-0.1, -0.05) is 133 Å². The predicted octanol–water partition coefficient (Wildman–Crippen LogP) is 16.6. The van der Waals surface area contributed by atoms with Crippen molar-refractivity contribution in [3.8, 4) is 0 Å². The molecule has 0 amide bonds. The van der Waals surface area contributed by atoms with Crippen LogP contribution in [0.15, 0.2) is 0 Å². The van der Waals surface area contributed by atoms with Gasteiger partial charge in [0.05, 0.1) is 11.2 Å². The average Bonchev–Trinajstić information content (AvgIpc) is 3.74. The molecule has 6 heteroatoms. The fraction of sp³-hybridized carbons (Fsp3) is 0.963. The summed E-state index contributed by atoms with van der Waals surface area (Å²) in [4.78, 5) is 27.3. The second kappa shape index (κ2) is 22.3. The summed E-state index contributed by atoms with van der Waals surface area (Å²) in [5, 5.41) is 0. The van der Waals surface area contributed by atoms with Gasteiger partial charge in [0.1, 0.15) is 11.6 Å². The number of hydrogen-bond acceptors (Lipinski definition) is 4. The van der Waals surface area contributed by atoms with E-state index in [4.69, 9.17) is 8.85 Å². The first kappa shape index (κ1) is 52.3. The second-order valence-electron chi connectivity index (χ2n) is 23.9. The Balaban J connectivity index is 1.19. The van der Waals surface area contributed by atoms with E-state index in [1.807, 2.05) is 0 Å². The molecule has 60 heavy (non-hydrogen) atoms. The SMILES string of the molecule is CC[Si](CC)(CC)OC(C)(C)CCC[C@@H](C)[C@H]1CC[C@H]2C(=O)C[C@H](CCCCCC[C@H]3CC(=O)[C@@H]4CC[C@H]([C@H](C)CCCC(C)(C)O[Si](CC)(CC)CC)[C@@]4(C)C3)C[C@]12C. The highest BCUT2D eigenvalue weighted by molar-refractivity contribution is 6.74. The molecule has 0 N–H and O–H groups in total. The van der Waals surface area contributed by atoms with Crippen LogP contribution in [0.3, 0.4) is 0 Å². The van der Waals surface area contributed by atoms with Gasteiger partial charge in [-0.3, -0.25) is 9.59 Å². The van der Waals surface area contributed by atoms with Gasteiger partial charge in [0.2, 0.25) is 0 Å². The Morgan fingerprint density at radius 1 is 0.550 bits per heavy atom. The lowest BCUT2D eigenvalue weighted by molar-refractivity contribution is -0.133. The number of fused-ring (bicyclic) bond motifs is 2. The molecule has 0 spiro atoms. The maximum absolute atomic E-state index is 13.7. The molecule has 0 bridgehead atoms. The summed E-state index contributed by atoms with van der Waals surface area (Å²) in [7, 11) is -3.23. The van der Waals surface area contributed by atoms with Gasteiger partial charge in [0.15, 0.2) is 16.6 Å². The molecule has 0 aromatic rings. The monoisotopic (exact) mass is 871 g/mol. The Morgan fingerprint density at radius 2 is 0.883 bits per heavy atom. The van der Waals surface area contributed by atoms with Crippen LogP contribution in [0.4, 0.5) is 0 Å². The van der Waals surface area contributed by atoms with E-state index in [1.54, 1.807) is 0 Å². The van der Waals surface area contributed by atoms with E-state index in [2.05, 4.69) is 96.9 Å². The van der Waals surface area contributed by atoms with E-state index in [1.165, 1.54) is 126 Å². The number of carbonyl (C=O) groups is 2. The van der Waals surface area contributed by atoms with Crippen molar-refractivity contribution in [2.75, 3.05) is 0 Å². The molecule has 0 saturated heterocycles. The van der Waals surface area contributed by atoms with Crippen molar-refractivity contribution in [3.63, 3.8) is 0 Å². The van der Waals surface area contributed by atoms with Crippen LogP contribution in [-0.4, -0.2) is 39.4 Å². The number of Topliss-reactive ketones (excluding diaryl/α,β-unsaturated/α-hetero) is 2. The molecule has 4 nitrogen and oxygen atoms in total. The fourth-order valence-electron chi connectivity index (χ4n) is 15.2. The zero-order valence-electron chi connectivity index (χ0n) is 42.6. The average molecular weight is 872 g/mol. The summed E-state index contributed by atoms with van der Waals surface area (Å²) in [6.45, 7) is 33.4. The topological polar surface area (TPSA) is 52.6 Å². The summed E-state index contributed by atoms with van der Waals surface area (Å²) < 4.78 is 13.9. The lowest BCUT2D eigenvalue weighted by atomic mass is 9.58. The van der Waals surface area contributed by atoms with Crippen molar-refractivity contribution in [2.45, 2.75) is 273 Å². The molecule has 0 heterocycles. The van der Waals surface area contributed by atoms with Gasteiger partial charge in [0.25, 0.3) is 0 Å². The summed E-state index contributed by atoms with van der Waals surface area (Å²) in [5.74, 6) is 5.62. The minimum atomic E-state index is -1.62. The quantitative estimate of drug-likeness (QED) is 0.0610. The van der Waals surface area contributed by atoms with Crippen LogP contribution in [0.25, 0.3) is 0 Å². The van der Waals surface area contributed by atoms with E-state index in [9.17, 15) is 9.59 Å². The highest BCUT2D eigenvalue weighted by Crippen LogP contribution is 2.60. The molecule has 350 valence electrons. The third kappa shape index (κ3) is 12.7. The first-order valence-corrected chi connectivity index (χ1v) is 31.7. The van der Waals surface area contributed by atoms with E-state index in [0.717, 1.165) is 38.5 Å². The Hall–Kier alpha value is -0.306. The van der Waals surface area contributed by atoms with Crippen LogP contribution in [0, 0.1) is 58.2 Å². The highest BCUT2D eigenvalue weighted by atomic mass is 28.4. The lowest BCUT2D eigenvalue weighted by Gasteiger charge is -2.45. The third-order valence-electron chi connectivity index (χ3n) is 19.1. The Labute approximate surface area is 376 Å². The minimum absolute atomic E-state index is 0.0329. The zero-order chi connectivity index (χ0) is 44.6. The molecule has 4 rings (SSSR count). The molecule has 10 atom stereocenters. The van der Waals surface area contributed by atoms with Gasteiger partial charge in [-0.25, -0.2) is 0 Å². The van der Waals surface area contributed by atoms with Crippen molar-refractivity contribution >= 4 is 28.2 Å². The number of ketones is 2. The highest BCUT2D eigenvalue weighted by Gasteiger charge is 2.55. The first-order valence-electron chi connectivity index (χ1n) is 26.7. The van der Waals surface area contributed by atoms with Gasteiger partial charge in [-0.15, -0.1) is 0 Å². The number of hydrogen-bond donors (Lipinski definition) is 0. The molecule has 0 aromatic heterocycles. The van der Waals surface area contributed by atoms with Gasteiger partial charge in [-0.2, -0.15) is 0 Å². The first-order chi connectivity index (χ1) is 28.2. The maximum Gasteiger partial charge on any atom is 0.192 e. The number of carbonyl (C=O) groups excluding carboxylic acids is 2. The summed E-state index contributed by atoms with van der Waals surface area (Å²) >= 11 is 0. The summed E-state index contributed by atoms with van der Waals surface area (Å²) in [6, 6.07) is 7.30. The Morgan fingerprint density at radius 3 is 1.20 bits per heavy atom. The molecule has 0 aromatic carbocycles. The van der Waals surface area contributed by atoms with Crippen LogP contribution in [0.5, 0.6) is 0 Å². The van der Waals surface area contributed by atoms with Crippen LogP contribution in [0.1, 0.15) is 225 Å². The lowest BCUT2D eigenvalue weighted by Crippen LogP contribution is -2.44. The molecule has 0 radical (unpaired) electrons. The summed E-state index contributed by atoms with van der Waals surface area (Å²) in [6.07, 6.45) is 23.7. The Bertz CT molecular complexity index is 1220. The van der Waals surface area contributed by atoms with Gasteiger partial charge in [-0.05, 0) is 162 Å². The molecule has 4 aliphatic carbocycles. The molecular formula is C54H102O4Si2. The molecular weight excluding hydrogens is 769 g/mol. The van der Waals surface area contributed by atoms with Crippen molar-refractivity contribution in [1.29, 1.82) is 0 Å². The standard InChI is InChI=1S/C54H102O4Si2/c1-15-59(16-2,17-3)57-51(9,10)35-25-27-41(7)45-31-33-47-49(55)37-43(39-53(45,47)13)29-23-21-22-24-30-44-38-50(56)48-34-32-46(54(48,14)40-44)42(8)28-26-36-52(11,12)58-60(18-4,19-5)20-6/h41-48H,15-40H2,1-14H3/t41-,42-,43+,44+,45-,46-,47+,48+,53-,54-/m1/s1. The van der Waals surface area contributed by atoms with Crippen molar-refractivity contribution < 1.29 is 18.4 Å². The zero-order valence-corrected chi connectivity index (χ0v) is 44.6. The van der Waals surface area contributed by atoms with Crippen molar-refractivity contribution in [3.05, 3.63) is 0 Å². The Kier molecular flexibility index (Phi) is 19.4. The maximum atomic E-state index is 13.7. The normalized spacial score (nSPS) is 31.4. The third-order valence-corrected chi connectivity index (χ3v) is 28.8. The molecule has 4 fully saturated rings. The van der Waals surface area contributed by atoms with Crippen molar-refractivity contribution in [1.82, 2.24) is 0 Å². The van der Waals surface area contributed by atoms with Crippen LogP contribution in [0.2, 0.25) is 36.3 Å². The van der Waals surface area contributed by atoms with E-state index >= 15 is 0 Å². The summed E-state index contributed by atoms with van der Waals surface area (Å²) in [5.41, 5.74) is 0.312. The fourth-order valence-corrected chi connectivity index (χ4v) is 21.6. The van der Waals surface area contributed by atoms with Gasteiger partial charge < -0.3 is 8.85 Å². The predicted molar refractivity (Wildman–Crippen MR) is 263 cm³/mol. The van der Waals surface area contributed by atoms with Crippen molar-refractivity contribution in [2.24, 2.45) is 58.2 Å². The van der Waals surface area contributed by atoms with E-state index in [0.29, 0.717) is 58.9 Å². The number of rotatable bonds is 27. The van der Waals surface area contributed by atoms with Crippen LogP contribution in [-0.2, 0) is 18.4 Å². The van der Waals surface area contributed by atoms with E-state index < -0.39 is 16.6 Å². The largest absolute Gasteiger partial charge is 0.412 e. The number of unbranched alkanes of at least 4 members (excludes halogenated alkanes) is 3. The molecule has 0 unspecified atom stereocenters. The second-order valence-corrected chi connectivity index (χ2v) is 33.3. The van der Waals surface area contributed by atoms with Crippen LogP contribution >= 0.6 is 0 Å². The molecule has 4 aliphatic rings.